The molecule has 1 aromatic heterocycles. The Kier molecular flexibility index (Phi) is 2.46. The summed E-state index contributed by atoms with van der Waals surface area (Å²) in [5.74, 6) is 0. The second-order valence-corrected chi connectivity index (χ2v) is 3.87. The second-order valence-electron chi connectivity index (χ2n) is 2.92. The average Bonchev–Trinajstić information content (AvgIpc) is 2.71. The highest BCUT2D eigenvalue weighted by Gasteiger charge is 1.96. The molecular formula is C12H11S. The largest absolute Gasteiger partial charge is 0.144 e. The molecule has 0 aliphatic carbocycles. The van der Waals surface area contributed by atoms with Crippen molar-refractivity contribution in [1.29, 1.82) is 0 Å². The van der Waals surface area contributed by atoms with Gasteiger partial charge in [-0.05, 0) is 35.9 Å². The molecule has 2 rings (SSSR count). The topological polar surface area (TPSA) is 0 Å². The SMILES string of the molecule is [CH2]Cc1ccc(-c2cccs2)cc1. The van der Waals surface area contributed by atoms with Crippen LogP contribution in [0.3, 0.4) is 0 Å². The molecule has 1 radical (unpaired) electrons. The summed E-state index contributed by atoms with van der Waals surface area (Å²) in [6.07, 6.45) is 0.866. The predicted octanol–water partition coefficient (Wildman–Crippen LogP) is 3.79. The van der Waals surface area contributed by atoms with E-state index in [9.17, 15) is 0 Å². The van der Waals surface area contributed by atoms with Gasteiger partial charge in [0.05, 0.1) is 0 Å². The van der Waals surface area contributed by atoms with E-state index in [0.29, 0.717) is 0 Å². The lowest BCUT2D eigenvalue weighted by Gasteiger charge is -1.99. The Labute approximate surface area is 82.9 Å². The molecule has 0 amide bonds. The lowest BCUT2D eigenvalue weighted by Crippen LogP contribution is -1.78. The van der Waals surface area contributed by atoms with E-state index in [-0.39, 0.29) is 0 Å². The maximum Gasteiger partial charge on any atom is 0.0342 e. The summed E-state index contributed by atoms with van der Waals surface area (Å²) < 4.78 is 0. The standard InChI is InChI=1S/C12H11S/c1-2-10-5-7-11(8-6-10)12-4-3-9-13-12/h3-9H,1-2H2. The van der Waals surface area contributed by atoms with E-state index in [0.717, 1.165) is 6.42 Å². The van der Waals surface area contributed by atoms with Gasteiger partial charge in [0.15, 0.2) is 0 Å². The predicted molar refractivity (Wildman–Crippen MR) is 58.8 cm³/mol. The van der Waals surface area contributed by atoms with Gasteiger partial charge >= 0.3 is 0 Å². The van der Waals surface area contributed by atoms with Crippen LogP contribution >= 0.6 is 11.3 Å². The van der Waals surface area contributed by atoms with Crippen LogP contribution in [-0.2, 0) is 6.42 Å². The molecule has 0 N–H and O–H groups in total. The van der Waals surface area contributed by atoms with Gasteiger partial charge in [-0.3, -0.25) is 0 Å². The van der Waals surface area contributed by atoms with Gasteiger partial charge in [0.25, 0.3) is 0 Å². The fourth-order valence-corrected chi connectivity index (χ4v) is 2.01. The summed E-state index contributed by atoms with van der Waals surface area (Å²) in [7, 11) is 0. The van der Waals surface area contributed by atoms with Crippen LogP contribution in [-0.4, -0.2) is 0 Å². The minimum absolute atomic E-state index is 0.866. The maximum absolute atomic E-state index is 3.85. The lowest BCUT2D eigenvalue weighted by molar-refractivity contribution is 1.27. The number of thiophene rings is 1. The van der Waals surface area contributed by atoms with E-state index in [1.165, 1.54) is 16.0 Å². The first-order valence-electron chi connectivity index (χ1n) is 4.32. The zero-order valence-corrected chi connectivity index (χ0v) is 8.18. The summed E-state index contributed by atoms with van der Waals surface area (Å²) in [6.45, 7) is 3.85. The Morgan fingerprint density at radius 3 is 2.38 bits per heavy atom. The van der Waals surface area contributed by atoms with Gasteiger partial charge < -0.3 is 0 Å². The third kappa shape index (κ3) is 1.81. The van der Waals surface area contributed by atoms with E-state index in [1.807, 2.05) is 0 Å². The molecule has 0 saturated carbocycles. The van der Waals surface area contributed by atoms with E-state index in [2.05, 4.69) is 48.7 Å². The summed E-state index contributed by atoms with van der Waals surface area (Å²) in [6, 6.07) is 12.8. The molecule has 0 fully saturated rings. The van der Waals surface area contributed by atoms with Gasteiger partial charge in [-0.25, -0.2) is 0 Å². The molecule has 1 heteroatoms. The van der Waals surface area contributed by atoms with Crippen molar-refractivity contribution in [2.45, 2.75) is 6.42 Å². The number of benzene rings is 1. The molecule has 0 nitrogen and oxygen atoms in total. The first-order chi connectivity index (χ1) is 6.40. The smallest absolute Gasteiger partial charge is 0.0342 e. The van der Waals surface area contributed by atoms with Crippen LogP contribution in [0.2, 0.25) is 0 Å². The van der Waals surface area contributed by atoms with Crippen molar-refractivity contribution >= 4 is 11.3 Å². The minimum atomic E-state index is 0.866. The molecule has 0 unspecified atom stereocenters. The summed E-state index contributed by atoms with van der Waals surface area (Å²) >= 11 is 1.77. The first kappa shape index (κ1) is 8.52. The Balaban J connectivity index is 2.33. The van der Waals surface area contributed by atoms with Crippen molar-refractivity contribution in [3.8, 4) is 10.4 Å². The van der Waals surface area contributed by atoms with Gasteiger partial charge in [0.2, 0.25) is 0 Å². The van der Waals surface area contributed by atoms with Crippen LogP contribution in [0.15, 0.2) is 41.8 Å². The molecule has 0 aliphatic heterocycles. The Morgan fingerprint density at radius 2 is 1.85 bits per heavy atom. The molecule has 1 heterocycles. The number of rotatable bonds is 2. The third-order valence-corrected chi connectivity index (χ3v) is 2.97. The van der Waals surface area contributed by atoms with Crippen LogP contribution < -0.4 is 0 Å². The van der Waals surface area contributed by atoms with Gasteiger partial charge in [-0.1, -0.05) is 30.3 Å². The molecular weight excluding hydrogens is 176 g/mol. The Bertz CT molecular complexity index is 357. The van der Waals surface area contributed by atoms with Gasteiger partial charge in [-0.2, -0.15) is 0 Å². The highest BCUT2D eigenvalue weighted by atomic mass is 32.1. The normalized spacial score (nSPS) is 10.2. The molecule has 1 aromatic carbocycles. The molecule has 0 bridgehead atoms. The van der Waals surface area contributed by atoms with Crippen molar-refractivity contribution in [1.82, 2.24) is 0 Å². The van der Waals surface area contributed by atoms with Crippen molar-refractivity contribution in [2.75, 3.05) is 0 Å². The van der Waals surface area contributed by atoms with Crippen molar-refractivity contribution in [3.05, 3.63) is 54.3 Å². The summed E-state index contributed by atoms with van der Waals surface area (Å²) in [5, 5.41) is 2.10. The first-order valence-corrected chi connectivity index (χ1v) is 5.20. The van der Waals surface area contributed by atoms with E-state index in [4.69, 9.17) is 0 Å². The highest BCUT2D eigenvalue weighted by molar-refractivity contribution is 7.13. The van der Waals surface area contributed by atoms with E-state index in [1.54, 1.807) is 11.3 Å². The Morgan fingerprint density at radius 1 is 1.08 bits per heavy atom. The zero-order valence-electron chi connectivity index (χ0n) is 7.36. The van der Waals surface area contributed by atoms with E-state index >= 15 is 0 Å². The second kappa shape index (κ2) is 3.75. The van der Waals surface area contributed by atoms with E-state index < -0.39 is 0 Å². The van der Waals surface area contributed by atoms with Crippen LogP contribution in [0.1, 0.15) is 5.56 Å². The van der Waals surface area contributed by atoms with Gasteiger partial charge in [0.1, 0.15) is 0 Å². The van der Waals surface area contributed by atoms with Gasteiger partial charge in [-0.15, -0.1) is 11.3 Å². The average molecular weight is 187 g/mol. The fraction of sp³-hybridized carbons (Fsp3) is 0.0833. The van der Waals surface area contributed by atoms with Crippen molar-refractivity contribution in [2.24, 2.45) is 0 Å². The maximum atomic E-state index is 3.85. The fourth-order valence-electron chi connectivity index (χ4n) is 1.28. The molecule has 0 saturated heterocycles. The van der Waals surface area contributed by atoms with Crippen molar-refractivity contribution < 1.29 is 0 Å². The zero-order chi connectivity index (χ0) is 9.10. The molecule has 0 atom stereocenters. The highest BCUT2D eigenvalue weighted by Crippen LogP contribution is 2.24. The van der Waals surface area contributed by atoms with Crippen LogP contribution in [0.5, 0.6) is 0 Å². The summed E-state index contributed by atoms with van der Waals surface area (Å²) in [4.78, 5) is 1.33. The Hall–Kier alpha value is -1.08. The quantitative estimate of drug-likeness (QED) is 0.671. The molecule has 0 aliphatic rings. The third-order valence-electron chi connectivity index (χ3n) is 2.05. The molecule has 2 aromatic rings. The number of hydrogen-bond donors (Lipinski definition) is 0. The molecule has 65 valence electrons. The number of hydrogen-bond acceptors (Lipinski definition) is 1. The monoisotopic (exact) mass is 187 g/mol. The molecule has 13 heavy (non-hydrogen) atoms. The van der Waals surface area contributed by atoms with Crippen LogP contribution in [0.25, 0.3) is 10.4 Å². The van der Waals surface area contributed by atoms with Gasteiger partial charge in [0, 0.05) is 4.88 Å². The summed E-state index contributed by atoms with van der Waals surface area (Å²) in [5.41, 5.74) is 2.59. The minimum Gasteiger partial charge on any atom is -0.144 e. The van der Waals surface area contributed by atoms with Crippen LogP contribution in [0.4, 0.5) is 0 Å². The lowest BCUT2D eigenvalue weighted by atomic mass is 10.1. The molecule has 0 spiro atoms. The van der Waals surface area contributed by atoms with Crippen molar-refractivity contribution in [3.63, 3.8) is 0 Å². The van der Waals surface area contributed by atoms with Crippen LogP contribution in [0, 0.1) is 6.92 Å².